The summed E-state index contributed by atoms with van der Waals surface area (Å²) in [7, 11) is 0. The summed E-state index contributed by atoms with van der Waals surface area (Å²) in [6.45, 7) is 9.39. The molecule has 1 aliphatic rings. The number of nitrogens with two attached hydrogens (primary N) is 1. The van der Waals surface area contributed by atoms with Crippen molar-refractivity contribution in [3.8, 4) is 0 Å². The van der Waals surface area contributed by atoms with Crippen LogP contribution in [0.2, 0.25) is 0 Å². The van der Waals surface area contributed by atoms with Crippen LogP contribution < -0.4 is 11.1 Å². The third-order valence-corrected chi connectivity index (χ3v) is 3.23. The molecule has 0 aromatic carbocycles. The lowest BCUT2D eigenvalue weighted by molar-refractivity contribution is 0.0241. The molecule has 3 heteroatoms. The third-order valence-electron chi connectivity index (χ3n) is 3.23. The molecular formula is C12H26N2O. The molecule has 1 fully saturated rings. The van der Waals surface area contributed by atoms with Gasteiger partial charge in [0.25, 0.3) is 0 Å². The molecule has 1 saturated heterocycles. The predicted octanol–water partition coefficient (Wildman–Crippen LogP) is 1.25. The first-order valence-electron chi connectivity index (χ1n) is 5.93. The van der Waals surface area contributed by atoms with Gasteiger partial charge in [-0.15, -0.1) is 0 Å². The summed E-state index contributed by atoms with van der Waals surface area (Å²) < 4.78 is 0. The zero-order valence-electron chi connectivity index (χ0n) is 10.5. The van der Waals surface area contributed by atoms with Gasteiger partial charge in [0.2, 0.25) is 0 Å². The first kappa shape index (κ1) is 12.9. The van der Waals surface area contributed by atoms with E-state index >= 15 is 0 Å². The van der Waals surface area contributed by atoms with Crippen molar-refractivity contribution in [3.63, 3.8) is 0 Å². The molecule has 0 amide bonds. The van der Waals surface area contributed by atoms with Crippen LogP contribution in [-0.2, 0) is 0 Å². The molecule has 1 aliphatic heterocycles. The van der Waals surface area contributed by atoms with Crippen molar-refractivity contribution < 1.29 is 5.11 Å². The number of aliphatic hydroxyl groups excluding tert-OH is 1. The molecule has 0 radical (unpaired) electrons. The number of piperidine rings is 1. The van der Waals surface area contributed by atoms with Crippen molar-refractivity contribution in [1.82, 2.24) is 5.32 Å². The Morgan fingerprint density at radius 2 is 1.73 bits per heavy atom. The van der Waals surface area contributed by atoms with E-state index in [2.05, 4.69) is 33.0 Å². The van der Waals surface area contributed by atoms with Crippen LogP contribution in [0.5, 0.6) is 0 Å². The van der Waals surface area contributed by atoms with Gasteiger partial charge in [-0.25, -0.2) is 0 Å². The van der Waals surface area contributed by atoms with E-state index in [0.717, 1.165) is 19.3 Å². The molecule has 0 aromatic heterocycles. The van der Waals surface area contributed by atoms with Gasteiger partial charge in [-0.1, -0.05) is 0 Å². The van der Waals surface area contributed by atoms with Gasteiger partial charge in [0.15, 0.2) is 0 Å². The van der Waals surface area contributed by atoms with Gasteiger partial charge in [0, 0.05) is 11.1 Å². The fraction of sp³-hybridized carbons (Fsp3) is 1.00. The van der Waals surface area contributed by atoms with E-state index in [-0.39, 0.29) is 17.2 Å². The lowest BCUT2D eigenvalue weighted by atomic mass is 9.73. The normalized spacial score (nSPS) is 27.6. The maximum absolute atomic E-state index is 10.0. The quantitative estimate of drug-likeness (QED) is 0.663. The van der Waals surface area contributed by atoms with Gasteiger partial charge in [-0.2, -0.15) is 0 Å². The van der Waals surface area contributed by atoms with Crippen LogP contribution in [0.3, 0.4) is 0 Å². The Morgan fingerprint density at radius 1 is 1.27 bits per heavy atom. The van der Waals surface area contributed by atoms with E-state index in [1.807, 2.05) is 0 Å². The lowest BCUT2D eigenvalue weighted by Gasteiger charge is -2.47. The Balaban J connectivity index is 2.66. The second-order valence-electron chi connectivity index (χ2n) is 6.21. The minimum absolute atomic E-state index is 0.113. The molecule has 0 spiro atoms. The highest BCUT2D eigenvalue weighted by Crippen LogP contribution is 2.35. The largest absolute Gasteiger partial charge is 0.393 e. The Labute approximate surface area is 93.4 Å². The average Bonchev–Trinajstić information content (AvgIpc) is 1.98. The van der Waals surface area contributed by atoms with E-state index < -0.39 is 0 Å². The Hall–Kier alpha value is -0.120. The fourth-order valence-electron chi connectivity index (χ4n) is 3.08. The summed E-state index contributed by atoms with van der Waals surface area (Å²) in [6, 6.07) is 0. The molecular weight excluding hydrogens is 188 g/mol. The van der Waals surface area contributed by atoms with E-state index in [4.69, 9.17) is 5.73 Å². The Bertz CT molecular complexity index is 198. The average molecular weight is 214 g/mol. The minimum Gasteiger partial charge on any atom is -0.393 e. The van der Waals surface area contributed by atoms with Crippen LogP contribution in [0, 0.1) is 5.92 Å². The van der Waals surface area contributed by atoms with Gasteiger partial charge >= 0.3 is 0 Å². The summed E-state index contributed by atoms with van der Waals surface area (Å²) in [4.78, 5) is 0. The molecule has 1 atom stereocenters. The van der Waals surface area contributed by atoms with E-state index in [1.165, 1.54) is 0 Å². The Kier molecular flexibility index (Phi) is 3.80. The summed E-state index contributed by atoms with van der Waals surface area (Å²) in [6.07, 6.45) is 2.53. The van der Waals surface area contributed by atoms with Crippen molar-refractivity contribution in [2.45, 2.75) is 64.1 Å². The molecule has 1 heterocycles. The van der Waals surface area contributed by atoms with Gasteiger partial charge in [-0.05, 0) is 59.4 Å². The smallest absolute Gasteiger partial charge is 0.0581 e. The first-order chi connectivity index (χ1) is 6.76. The van der Waals surface area contributed by atoms with E-state index in [9.17, 15) is 5.11 Å². The first-order valence-corrected chi connectivity index (χ1v) is 5.93. The highest BCUT2D eigenvalue weighted by Gasteiger charge is 2.39. The number of rotatable bonds is 3. The summed E-state index contributed by atoms with van der Waals surface area (Å²) >= 11 is 0. The summed E-state index contributed by atoms with van der Waals surface area (Å²) in [5.74, 6) is 0.375. The van der Waals surface area contributed by atoms with E-state index in [0.29, 0.717) is 12.5 Å². The molecule has 0 aliphatic carbocycles. The van der Waals surface area contributed by atoms with Crippen molar-refractivity contribution >= 4 is 0 Å². The molecule has 1 rings (SSSR count). The molecule has 90 valence electrons. The Morgan fingerprint density at radius 3 is 2.13 bits per heavy atom. The maximum atomic E-state index is 10.0. The highest BCUT2D eigenvalue weighted by atomic mass is 16.3. The van der Waals surface area contributed by atoms with Crippen LogP contribution in [0.25, 0.3) is 0 Å². The van der Waals surface area contributed by atoms with Crippen molar-refractivity contribution in [2.75, 3.05) is 6.54 Å². The van der Waals surface area contributed by atoms with Gasteiger partial charge < -0.3 is 16.2 Å². The molecule has 15 heavy (non-hydrogen) atoms. The van der Waals surface area contributed by atoms with Crippen LogP contribution in [0.15, 0.2) is 0 Å². The molecule has 3 nitrogen and oxygen atoms in total. The molecule has 0 saturated carbocycles. The minimum atomic E-state index is -0.240. The third kappa shape index (κ3) is 3.74. The number of hydrogen-bond donors (Lipinski definition) is 3. The molecule has 0 aromatic rings. The molecule has 4 N–H and O–H groups in total. The van der Waals surface area contributed by atoms with Crippen molar-refractivity contribution in [2.24, 2.45) is 11.7 Å². The monoisotopic (exact) mass is 214 g/mol. The second kappa shape index (κ2) is 4.40. The second-order valence-corrected chi connectivity index (χ2v) is 6.21. The van der Waals surface area contributed by atoms with Gasteiger partial charge in [0.05, 0.1) is 6.10 Å². The highest BCUT2D eigenvalue weighted by molar-refractivity contribution is 4.98. The summed E-state index contributed by atoms with van der Waals surface area (Å²) in [5.41, 5.74) is 5.72. The van der Waals surface area contributed by atoms with Crippen LogP contribution in [-0.4, -0.2) is 28.8 Å². The topological polar surface area (TPSA) is 58.3 Å². The predicted molar refractivity (Wildman–Crippen MR) is 63.7 cm³/mol. The summed E-state index contributed by atoms with van der Waals surface area (Å²) in [5, 5.41) is 13.6. The van der Waals surface area contributed by atoms with Crippen LogP contribution in [0.1, 0.15) is 47.0 Å². The van der Waals surface area contributed by atoms with Gasteiger partial charge in [-0.3, -0.25) is 0 Å². The number of nitrogens with one attached hydrogen (secondary N) is 1. The molecule has 0 bridgehead atoms. The number of aliphatic hydroxyl groups is 1. The lowest BCUT2D eigenvalue weighted by Crippen LogP contribution is -2.59. The SMILES string of the molecule is CC1(C)CC(C(O)CCN)CC(C)(C)N1. The van der Waals surface area contributed by atoms with Crippen LogP contribution >= 0.6 is 0 Å². The van der Waals surface area contributed by atoms with Crippen molar-refractivity contribution in [3.05, 3.63) is 0 Å². The zero-order chi connectivity index (χ0) is 11.7. The number of hydrogen-bond acceptors (Lipinski definition) is 3. The standard InChI is InChI=1S/C12H26N2O/c1-11(2)7-9(10(15)5-6-13)8-12(3,4)14-11/h9-10,14-15H,5-8,13H2,1-4H3. The van der Waals surface area contributed by atoms with Gasteiger partial charge in [0.1, 0.15) is 0 Å². The molecule has 1 unspecified atom stereocenters. The zero-order valence-corrected chi connectivity index (χ0v) is 10.5. The van der Waals surface area contributed by atoms with Crippen LogP contribution in [0.4, 0.5) is 0 Å². The van der Waals surface area contributed by atoms with Crippen molar-refractivity contribution in [1.29, 1.82) is 0 Å². The maximum Gasteiger partial charge on any atom is 0.0581 e. The van der Waals surface area contributed by atoms with E-state index in [1.54, 1.807) is 0 Å². The fourth-order valence-corrected chi connectivity index (χ4v) is 3.08.